The molecule has 2 aliphatic heterocycles. The third kappa shape index (κ3) is 3.59. The van der Waals surface area contributed by atoms with E-state index >= 15 is 0 Å². The van der Waals surface area contributed by atoms with Crippen molar-refractivity contribution >= 4 is 34.4 Å². The maximum absolute atomic E-state index is 6.20. The van der Waals surface area contributed by atoms with Crippen molar-refractivity contribution in [3.63, 3.8) is 0 Å². The van der Waals surface area contributed by atoms with Crippen LogP contribution >= 0.6 is 12.2 Å². The van der Waals surface area contributed by atoms with Gasteiger partial charge in [-0.15, -0.1) is 0 Å². The summed E-state index contributed by atoms with van der Waals surface area (Å²) in [6.45, 7) is 7.10. The molecule has 0 spiro atoms. The fourth-order valence-corrected chi connectivity index (χ4v) is 5.23. The van der Waals surface area contributed by atoms with Crippen molar-refractivity contribution in [2.24, 2.45) is 0 Å². The second kappa shape index (κ2) is 8.37. The van der Waals surface area contributed by atoms with E-state index in [0.717, 1.165) is 39.6 Å². The lowest BCUT2D eigenvalue weighted by atomic mass is 9.82. The van der Waals surface area contributed by atoms with E-state index in [4.69, 9.17) is 31.2 Å². The van der Waals surface area contributed by atoms with Crippen LogP contribution in [0.3, 0.4) is 0 Å². The van der Waals surface area contributed by atoms with Crippen molar-refractivity contribution in [2.45, 2.75) is 32.9 Å². The average Bonchev–Trinajstić information content (AvgIpc) is 2.82. The predicted molar refractivity (Wildman–Crippen MR) is 139 cm³/mol. The van der Waals surface area contributed by atoms with Gasteiger partial charge in [0.2, 0.25) is 0 Å². The monoisotopic (exact) mass is 473 g/mol. The first kappa shape index (κ1) is 22.3. The van der Waals surface area contributed by atoms with Gasteiger partial charge in [0.1, 0.15) is 23.9 Å². The van der Waals surface area contributed by atoms with Crippen molar-refractivity contribution in [3.8, 4) is 28.4 Å². The fourth-order valence-electron chi connectivity index (χ4n) is 5.14. The molecular weight excluding hydrogens is 446 g/mol. The number of benzene rings is 3. The summed E-state index contributed by atoms with van der Waals surface area (Å²) in [7, 11) is 3.20. The minimum absolute atomic E-state index is 0.0880. The summed E-state index contributed by atoms with van der Waals surface area (Å²) in [4.78, 5) is 2.33. The number of hydrogen-bond donors (Lipinski definition) is 0. The Labute approximate surface area is 205 Å². The van der Waals surface area contributed by atoms with E-state index in [9.17, 15) is 0 Å². The Morgan fingerprint density at radius 3 is 2.59 bits per heavy atom. The summed E-state index contributed by atoms with van der Waals surface area (Å²) in [5.41, 5.74) is 7.58. The van der Waals surface area contributed by atoms with E-state index in [1.54, 1.807) is 7.11 Å². The quantitative estimate of drug-likeness (QED) is 0.386. The highest BCUT2D eigenvalue weighted by molar-refractivity contribution is 7.79. The van der Waals surface area contributed by atoms with Crippen molar-refractivity contribution < 1.29 is 18.9 Å². The maximum Gasteiger partial charge on any atom is 0.357 e. The van der Waals surface area contributed by atoms with Gasteiger partial charge in [-0.2, -0.15) is 0 Å². The first-order valence-corrected chi connectivity index (χ1v) is 11.6. The SMILES string of the molecule is COC(=S)Oc1cccc(N2c3ccc4c(c3C(C)=CC2(C)C)COc2cccc(OC)c2-4)c1. The molecular formula is C28H27NO4S. The Morgan fingerprint density at radius 2 is 1.82 bits per heavy atom. The van der Waals surface area contributed by atoms with Gasteiger partial charge < -0.3 is 23.8 Å². The smallest absolute Gasteiger partial charge is 0.357 e. The highest BCUT2D eigenvalue weighted by Gasteiger charge is 2.36. The van der Waals surface area contributed by atoms with E-state index < -0.39 is 0 Å². The van der Waals surface area contributed by atoms with E-state index in [0.29, 0.717) is 12.4 Å². The molecule has 0 aliphatic carbocycles. The van der Waals surface area contributed by atoms with Gasteiger partial charge in [0, 0.05) is 40.8 Å². The van der Waals surface area contributed by atoms with Crippen molar-refractivity contribution in [3.05, 3.63) is 71.8 Å². The fraction of sp³-hybridized carbons (Fsp3) is 0.250. The third-order valence-corrected chi connectivity index (χ3v) is 6.62. The molecule has 0 bridgehead atoms. The largest absolute Gasteiger partial charge is 0.496 e. The van der Waals surface area contributed by atoms with Gasteiger partial charge in [0.25, 0.3) is 0 Å². The summed E-state index contributed by atoms with van der Waals surface area (Å²) >= 11 is 5.09. The summed E-state index contributed by atoms with van der Waals surface area (Å²) in [5, 5.41) is 0.0880. The summed E-state index contributed by atoms with van der Waals surface area (Å²) in [6.07, 6.45) is 2.31. The maximum atomic E-state index is 6.20. The molecule has 2 aliphatic rings. The first-order chi connectivity index (χ1) is 16.3. The van der Waals surface area contributed by atoms with Gasteiger partial charge in [-0.25, -0.2) is 0 Å². The normalized spacial score (nSPS) is 15.2. The molecule has 3 aromatic rings. The zero-order valence-electron chi connectivity index (χ0n) is 20.0. The Kier molecular flexibility index (Phi) is 5.48. The molecule has 0 fully saturated rings. The van der Waals surface area contributed by atoms with Gasteiger partial charge in [0.05, 0.1) is 25.3 Å². The lowest BCUT2D eigenvalue weighted by Crippen LogP contribution is -2.42. The van der Waals surface area contributed by atoms with Gasteiger partial charge in [-0.1, -0.05) is 24.3 Å². The number of nitrogens with zero attached hydrogens (tertiary/aromatic N) is 1. The Bertz CT molecular complexity index is 1310. The third-order valence-electron chi connectivity index (χ3n) is 6.37. The second-order valence-electron chi connectivity index (χ2n) is 8.98. The van der Waals surface area contributed by atoms with E-state index in [1.165, 1.54) is 18.2 Å². The van der Waals surface area contributed by atoms with Crippen LogP contribution in [0.15, 0.2) is 60.7 Å². The summed E-state index contributed by atoms with van der Waals surface area (Å²) in [5.74, 6) is 2.29. The molecule has 0 aromatic heterocycles. The van der Waals surface area contributed by atoms with Crippen LogP contribution in [0.5, 0.6) is 17.2 Å². The van der Waals surface area contributed by atoms with E-state index in [1.807, 2.05) is 36.4 Å². The number of ether oxygens (including phenoxy) is 4. The minimum atomic E-state index is -0.267. The number of thiocarbonyl (C=S) groups is 1. The summed E-state index contributed by atoms with van der Waals surface area (Å²) < 4.78 is 22.6. The molecule has 5 rings (SSSR count). The molecule has 174 valence electrons. The molecule has 0 radical (unpaired) electrons. The lowest BCUT2D eigenvalue weighted by molar-refractivity contribution is 0.299. The molecule has 34 heavy (non-hydrogen) atoms. The van der Waals surface area contributed by atoms with Crippen molar-refractivity contribution in [2.75, 3.05) is 19.1 Å². The van der Waals surface area contributed by atoms with E-state index in [2.05, 4.69) is 49.9 Å². The van der Waals surface area contributed by atoms with Crippen LogP contribution < -0.4 is 19.1 Å². The number of methoxy groups -OCH3 is 2. The van der Waals surface area contributed by atoms with Crippen LogP contribution in [0.25, 0.3) is 16.7 Å². The number of anilines is 2. The molecule has 0 unspecified atom stereocenters. The molecule has 2 heterocycles. The second-order valence-corrected chi connectivity index (χ2v) is 9.31. The number of rotatable bonds is 3. The molecule has 0 N–H and O–H groups in total. The van der Waals surface area contributed by atoms with Gasteiger partial charge in [-0.3, -0.25) is 0 Å². The highest BCUT2D eigenvalue weighted by atomic mass is 32.1. The van der Waals surface area contributed by atoms with Crippen LogP contribution in [0.1, 0.15) is 31.9 Å². The Balaban J connectivity index is 1.68. The van der Waals surface area contributed by atoms with Gasteiger partial charge in [0.15, 0.2) is 0 Å². The molecule has 6 heteroatoms. The topological polar surface area (TPSA) is 40.2 Å². The molecule has 0 amide bonds. The average molecular weight is 474 g/mol. The predicted octanol–water partition coefficient (Wildman–Crippen LogP) is 6.90. The molecule has 3 aromatic carbocycles. The molecule has 0 saturated carbocycles. The van der Waals surface area contributed by atoms with Crippen LogP contribution in [0, 0.1) is 0 Å². The number of fused-ring (bicyclic) bond motifs is 5. The first-order valence-electron chi connectivity index (χ1n) is 11.2. The van der Waals surface area contributed by atoms with E-state index in [-0.39, 0.29) is 10.8 Å². The lowest BCUT2D eigenvalue weighted by Gasteiger charge is -2.44. The van der Waals surface area contributed by atoms with Gasteiger partial charge in [-0.05, 0) is 62.2 Å². The van der Waals surface area contributed by atoms with Crippen LogP contribution in [0.4, 0.5) is 11.4 Å². The summed E-state index contributed by atoms with van der Waals surface area (Å²) in [6, 6.07) is 18.2. The zero-order chi connectivity index (χ0) is 24.0. The number of hydrogen-bond acceptors (Lipinski definition) is 6. The Hall–Kier alpha value is -3.51. The Morgan fingerprint density at radius 1 is 1.03 bits per heavy atom. The van der Waals surface area contributed by atoms with Crippen LogP contribution in [-0.2, 0) is 11.3 Å². The van der Waals surface area contributed by atoms with Crippen LogP contribution in [0.2, 0.25) is 0 Å². The molecule has 0 atom stereocenters. The molecule has 5 nitrogen and oxygen atoms in total. The minimum Gasteiger partial charge on any atom is -0.496 e. The van der Waals surface area contributed by atoms with Gasteiger partial charge >= 0.3 is 5.24 Å². The van der Waals surface area contributed by atoms with Crippen molar-refractivity contribution in [1.82, 2.24) is 0 Å². The standard InChI is InChI=1S/C28H27NO4S/c1-17-15-28(2,3)29(18-8-6-9-19(14-18)33-27(34)31-5)22-13-12-20-21(25(17)22)16-32-24-11-7-10-23(30-4)26(20)24/h6-15H,16H2,1-5H3. The number of allylic oxidation sites excluding steroid dienone is 1. The van der Waals surface area contributed by atoms with Crippen LogP contribution in [-0.4, -0.2) is 25.0 Å². The van der Waals surface area contributed by atoms with Crippen molar-refractivity contribution in [1.29, 1.82) is 0 Å². The molecule has 0 saturated heterocycles. The highest BCUT2D eigenvalue weighted by Crippen LogP contribution is 2.51. The zero-order valence-corrected chi connectivity index (χ0v) is 20.8.